The Labute approximate surface area is 91.3 Å². The molecule has 0 saturated heterocycles. The van der Waals surface area contributed by atoms with E-state index in [-0.39, 0.29) is 11.4 Å². The first-order chi connectivity index (χ1) is 5.92. The van der Waals surface area contributed by atoms with Crippen molar-refractivity contribution in [2.75, 3.05) is 0 Å². The third-order valence-electron chi connectivity index (χ3n) is 1.17. The van der Waals surface area contributed by atoms with Gasteiger partial charge in [0.25, 0.3) is 0 Å². The van der Waals surface area contributed by atoms with Crippen LogP contribution in [0.3, 0.4) is 0 Å². The fourth-order valence-electron chi connectivity index (χ4n) is 0.716. The van der Waals surface area contributed by atoms with Gasteiger partial charge in [0.2, 0.25) is 0 Å². The van der Waals surface area contributed by atoms with E-state index in [9.17, 15) is 0 Å². The Morgan fingerprint density at radius 3 is 2.54 bits per heavy atom. The highest BCUT2D eigenvalue weighted by Gasteiger charge is 2.16. The first-order valence-electron chi connectivity index (χ1n) is 3.87. The van der Waals surface area contributed by atoms with Crippen molar-refractivity contribution in [3.8, 4) is 0 Å². The average Bonchev–Trinajstić information content (AvgIpc) is 2.26. The summed E-state index contributed by atoms with van der Waals surface area (Å²) in [7, 11) is 0. The molecule has 5 heteroatoms. The summed E-state index contributed by atoms with van der Waals surface area (Å²) in [6.07, 6.45) is 0. The topological polar surface area (TPSA) is 33.1 Å². The molecular formula is C8H12ClNOS2. The molecule has 1 aromatic rings. The van der Waals surface area contributed by atoms with Crippen LogP contribution in [0, 0.1) is 0 Å². The van der Waals surface area contributed by atoms with Crippen LogP contribution in [0.5, 0.6) is 0 Å². The van der Waals surface area contributed by atoms with Gasteiger partial charge in [0.1, 0.15) is 5.15 Å². The lowest BCUT2D eigenvalue weighted by Gasteiger charge is -2.14. The standard InChI is InChI=1S/C8H12ClNOS2/c1-8(2,3)13-7-10-6(9)5(4-11)12-7/h11H,4H2,1-3H3. The van der Waals surface area contributed by atoms with Gasteiger partial charge in [-0.05, 0) is 0 Å². The van der Waals surface area contributed by atoms with Crippen molar-refractivity contribution in [2.45, 2.75) is 36.5 Å². The van der Waals surface area contributed by atoms with E-state index in [1.165, 1.54) is 11.3 Å². The molecule has 1 rings (SSSR count). The number of hydrogen-bond donors (Lipinski definition) is 1. The van der Waals surface area contributed by atoms with Crippen LogP contribution < -0.4 is 0 Å². The van der Waals surface area contributed by atoms with E-state index in [0.29, 0.717) is 5.15 Å². The molecule has 0 aliphatic carbocycles. The normalized spacial score (nSPS) is 12.1. The number of halogens is 1. The highest BCUT2D eigenvalue weighted by molar-refractivity contribution is 8.02. The summed E-state index contributed by atoms with van der Waals surface area (Å²) in [5.74, 6) is 0. The first-order valence-corrected chi connectivity index (χ1v) is 5.88. The van der Waals surface area contributed by atoms with Crippen LogP contribution in [0.25, 0.3) is 0 Å². The Morgan fingerprint density at radius 1 is 1.54 bits per heavy atom. The van der Waals surface area contributed by atoms with Crippen LogP contribution in [0.15, 0.2) is 4.34 Å². The number of nitrogens with zero attached hydrogens (tertiary/aromatic N) is 1. The van der Waals surface area contributed by atoms with E-state index < -0.39 is 0 Å². The quantitative estimate of drug-likeness (QED) is 0.803. The van der Waals surface area contributed by atoms with Crippen LogP contribution in [0.4, 0.5) is 0 Å². The molecule has 0 bridgehead atoms. The number of aliphatic hydroxyl groups is 1. The van der Waals surface area contributed by atoms with Crippen LogP contribution in [-0.4, -0.2) is 14.8 Å². The van der Waals surface area contributed by atoms with Crippen molar-refractivity contribution in [2.24, 2.45) is 0 Å². The zero-order valence-corrected chi connectivity index (χ0v) is 10.2. The third-order valence-corrected chi connectivity index (χ3v) is 3.80. The van der Waals surface area contributed by atoms with Crippen LogP contribution >= 0.6 is 34.7 Å². The van der Waals surface area contributed by atoms with Crippen molar-refractivity contribution in [1.29, 1.82) is 0 Å². The Bertz CT molecular complexity index is 293. The van der Waals surface area contributed by atoms with Gasteiger partial charge >= 0.3 is 0 Å². The fourth-order valence-corrected chi connectivity index (χ4v) is 3.50. The lowest BCUT2D eigenvalue weighted by Crippen LogP contribution is -2.06. The molecule has 0 radical (unpaired) electrons. The minimum Gasteiger partial charge on any atom is -0.391 e. The largest absolute Gasteiger partial charge is 0.391 e. The number of thiazole rings is 1. The van der Waals surface area contributed by atoms with E-state index in [4.69, 9.17) is 16.7 Å². The van der Waals surface area contributed by atoms with Crippen molar-refractivity contribution in [3.63, 3.8) is 0 Å². The third kappa shape index (κ3) is 3.46. The maximum Gasteiger partial charge on any atom is 0.152 e. The van der Waals surface area contributed by atoms with Crippen LogP contribution in [0.2, 0.25) is 5.15 Å². The zero-order valence-electron chi connectivity index (χ0n) is 7.80. The maximum atomic E-state index is 8.91. The SMILES string of the molecule is CC(C)(C)Sc1nc(Cl)c(CO)s1. The number of rotatable bonds is 2. The molecule has 0 saturated carbocycles. The number of hydrogen-bond acceptors (Lipinski definition) is 4. The van der Waals surface area contributed by atoms with Crippen molar-refractivity contribution >= 4 is 34.7 Å². The Morgan fingerprint density at radius 2 is 2.15 bits per heavy atom. The zero-order chi connectivity index (χ0) is 10.1. The number of aromatic nitrogens is 1. The predicted octanol–water partition coefficient (Wildman–Crippen LogP) is 3.18. The van der Waals surface area contributed by atoms with Crippen LogP contribution in [0.1, 0.15) is 25.6 Å². The molecule has 0 aromatic carbocycles. The summed E-state index contributed by atoms with van der Waals surface area (Å²) in [5, 5.41) is 9.34. The molecule has 0 amide bonds. The molecule has 2 nitrogen and oxygen atoms in total. The van der Waals surface area contributed by atoms with Crippen LogP contribution in [-0.2, 0) is 6.61 Å². The minimum absolute atomic E-state index is 0.0266. The average molecular weight is 238 g/mol. The maximum absolute atomic E-state index is 8.91. The van der Waals surface area contributed by atoms with Gasteiger partial charge < -0.3 is 5.11 Å². The van der Waals surface area contributed by atoms with E-state index in [0.717, 1.165) is 9.22 Å². The first kappa shape index (κ1) is 11.3. The molecule has 13 heavy (non-hydrogen) atoms. The molecule has 0 aliphatic rings. The Hall–Kier alpha value is 0.230. The van der Waals surface area contributed by atoms with E-state index in [2.05, 4.69) is 25.8 Å². The van der Waals surface area contributed by atoms with Crippen molar-refractivity contribution in [1.82, 2.24) is 4.98 Å². The van der Waals surface area contributed by atoms with E-state index >= 15 is 0 Å². The monoisotopic (exact) mass is 237 g/mol. The summed E-state index contributed by atoms with van der Waals surface area (Å²) in [6.45, 7) is 6.32. The predicted molar refractivity (Wildman–Crippen MR) is 58.7 cm³/mol. The second-order valence-electron chi connectivity index (χ2n) is 3.57. The number of thioether (sulfide) groups is 1. The van der Waals surface area contributed by atoms with Gasteiger partial charge in [-0.3, -0.25) is 0 Å². The summed E-state index contributed by atoms with van der Waals surface area (Å²) < 4.78 is 1.05. The smallest absolute Gasteiger partial charge is 0.152 e. The molecule has 0 spiro atoms. The molecule has 0 unspecified atom stereocenters. The summed E-state index contributed by atoms with van der Waals surface area (Å²) in [5.41, 5.74) is 0. The van der Waals surface area contributed by atoms with Crippen molar-refractivity contribution in [3.05, 3.63) is 10.0 Å². The number of aliphatic hydroxyl groups excluding tert-OH is 1. The van der Waals surface area contributed by atoms with Gasteiger partial charge in [-0.15, -0.1) is 11.3 Å². The summed E-state index contributed by atoms with van der Waals surface area (Å²) >= 11 is 8.92. The fraction of sp³-hybridized carbons (Fsp3) is 0.625. The second kappa shape index (κ2) is 4.17. The Balaban J connectivity index is 2.80. The highest BCUT2D eigenvalue weighted by Crippen LogP contribution is 2.37. The Kier molecular flexibility index (Phi) is 3.63. The summed E-state index contributed by atoms with van der Waals surface area (Å²) in [4.78, 5) is 4.90. The molecular weight excluding hydrogens is 226 g/mol. The minimum atomic E-state index is -0.0266. The molecule has 74 valence electrons. The molecule has 0 atom stereocenters. The van der Waals surface area contributed by atoms with Gasteiger partial charge in [-0.2, -0.15) is 0 Å². The molecule has 1 aromatic heterocycles. The second-order valence-corrected chi connectivity index (χ2v) is 7.08. The van der Waals surface area contributed by atoms with Gasteiger partial charge in [-0.25, -0.2) is 4.98 Å². The van der Waals surface area contributed by atoms with Crippen molar-refractivity contribution < 1.29 is 5.11 Å². The molecule has 0 fully saturated rings. The van der Waals surface area contributed by atoms with Gasteiger partial charge in [0.05, 0.1) is 11.5 Å². The van der Waals surface area contributed by atoms with Gasteiger partial charge in [-0.1, -0.05) is 44.1 Å². The molecule has 1 heterocycles. The van der Waals surface area contributed by atoms with Gasteiger partial charge in [0, 0.05) is 4.75 Å². The lowest BCUT2D eigenvalue weighted by atomic mass is 10.3. The van der Waals surface area contributed by atoms with E-state index in [1.807, 2.05) is 0 Å². The summed E-state index contributed by atoms with van der Waals surface area (Å²) in [6, 6.07) is 0. The van der Waals surface area contributed by atoms with E-state index in [1.54, 1.807) is 11.8 Å². The molecule has 1 N–H and O–H groups in total. The highest BCUT2D eigenvalue weighted by atomic mass is 35.5. The van der Waals surface area contributed by atoms with Gasteiger partial charge in [0.15, 0.2) is 4.34 Å². The lowest BCUT2D eigenvalue weighted by molar-refractivity contribution is 0.285. The molecule has 0 aliphatic heterocycles.